The van der Waals surface area contributed by atoms with Crippen molar-refractivity contribution in [2.45, 2.75) is 26.7 Å². The van der Waals surface area contributed by atoms with Gasteiger partial charge in [-0.15, -0.1) is 0 Å². The number of hydrogen-bond acceptors (Lipinski definition) is 2. The van der Waals surface area contributed by atoms with Gasteiger partial charge in [-0.05, 0) is 30.0 Å². The van der Waals surface area contributed by atoms with E-state index < -0.39 is 11.4 Å². The standard InChI is InChI=1S/C16H20FNO3/c1-11(2)16(15(20)21)6-7-18(10-16)14(19)9-12-4-3-5-13(17)8-12/h3-5,8,11H,6-7,9-10H2,1-2H3,(H,20,21). The van der Waals surface area contributed by atoms with Gasteiger partial charge in [0.1, 0.15) is 5.82 Å². The summed E-state index contributed by atoms with van der Waals surface area (Å²) in [7, 11) is 0. The molecule has 1 N–H and O–H groups in total. The van der Waals surface area contributed by atoms with Crippen molar-refractivity contribution in [2.24, 2.45) is 11.3 Å². The second-order valence-electron chi connectivity index (χ2n) is 5.99. The summed E-state index contributed by atoms with van der Waals surface area (Å²) in [4.78, 5) is 25.4. The van der Waals surface area contributed by atoms with Gasteiger partial charge < -0.3 is 10.0 Å². The van der Waals surface area contributed by atoms with E-state index in [4.69, 9.17) is 0 Å². The van der Waals surface area contributed by atoms with E-state index in [1.54, 1.807) is 17.0 Å². The van der Waals surface area contributed by atoms with E-state index in [1.165, 1.54) is 12.1 Å². The van der Waals surface area contributed by atoms with Crippen LogP contribution >= 0.6 is 0 Å². The number of amides is 1. The predicted molar refractivity (Wildman–Crippen MR) is 76.2 cm³/mol. The maximum Gasteiger partial charge on any atom is 0.311 e. The lowest BCUT2D eigenvalue weighted by Gasteiger charge is -2.28. The van der Waals surface area contributed by atoms with E-state index in [1.807, 2.05) is 13.8 Å². The predicted octanol–water partition coefficient (Wildman–Crippen LogP) is 2.33. The van der Waals surface area contributed by atoms with Gasteiger partial charge in [0.15, 0.2) is 0 Å². The first-order chi connectivity index (χ1) is 9.85. The molecule has 1 saturated heterocycles. The minimum atomic E-state index is -0.863. The number of nitrogens with zero attached hydrogens (tertiary/aromatic N) is 1. The Kier molecular flexibility index (Phi) is 4.30. The molecule has 1 aromatic rings. The highest BCUT2D eigenvalue weighted by atomic mass is 19.1. The van der Waals surface area contributed by atoms with Crippen LogP contribution in [0.5, 0.6) is 0 Å². The largest absolute Gasteiger partial charge is 0.481 e. The molecule has 1 amide bonds. The van der Waals surface area contributed by atoms with Crippen LogP contribution in [0, 0.1) is 17.2 Å². The minimum absolute atomic E-state index is 0.0398. The molecule has 5 heteroatoms. The summed E-state index contributed by atoms with van der Waals surface area (Å²) < 4.78 is 13.1. The third-order valence-electron chi connectivity index (χ3n) is 4.43. The Morgan fingerprint density at radius 2 is 2.14 bits per heavy atom. The van der Waals surface area contributed by atoms with Crippen LogP contribution < -0.4 is 0 Å². The smallest absolute Gasteiger partial charge is 0.311 e. The first-order valence-corrected chi connectivity index (χ1v) is 7.11. The molecule has 1 heterocycles. The number of aliphatic carboxylic acids is 1. The minimum Gasteiger partial charge on any atom is -0.481 e. The molecule has 0 spiro atoms. The second-order valence-corrected chi connectivity index (χ2v) is 5.99. The maximum atomic E-state index is 13.1. The Labute approximate surface area is 123 Å². The van der Waals surface area contributed by atoms with Crippen molar-refractivity contribution in [3.63, 3.8) is 0 Å². The Bertz CT molecular complexity index is 558. The summed E-state index contributed by atoms with van der Waals surface area (Å²) >= 11 is 0. The number of carboxylic acids is 1. The van der Waals surface area contributed by atoms with Crippen LogP contribution in [0.25, 0.3) is 0 Å². The Morgan fingerprint density at radius 1 is 1.43 bits per heavy atom. The van der Waals surface area contributed by atoms with Crippen LogP contribution in [0.4, 0.5) is 4.39 Å². The SMILES string of the molecule is CC(C)C1(C(=O)O)CCN(C(=O)Cc2cccc(F)c2)C1. The number of hydrogen-bond donors (Lipinski definition) is 1. The van der Waals surface area contributed by atoms with Crippen molar-refractivity contribution in [3.05, 3.63) is 35.6 Å². The third kappa shape index (κ3) is 3.06. The molecular formula is C16H20FNO3. The molecule has 0 aliphatic carbocycles. The van der Waals surface area contributed by atoms with Gasteiger partial charge in [0.2, 0.25) is 5.91 Å². The summed E-state index contributed by atoms with van der Waals surface area (Å²) in [6.45, 7) is 4.41. The van der Waals surface area contributed by atoms with Crippen LogP contribution in [-0.2, 0) is 16.0 Å². The molecule has 0 bridgehead atoms. The van der Waals surface area contributed by atoms with Gasteiger partial charge in [0.05, 0.1) is 11.8 Å². The van der Waals surface area contributed by atoms with Gasteiger partial charge in [-0.1, -0.05) is 26.0 Å². The van der Waals surface area contributed by atoms with Crippen LogP contribution in [0.2, 0.25) is 0 Å². The average Bonchev–Trinajstić information content (AvgIpc) is 2.85. The molecule has 0 saturated carbocycles. The van der Waals surface area contributed by atoms with Crippen molar-refractivity contribution in [3.8, 4) is 0 Å². The zero-order valence-electron chi connectivity index (χ0n) is 12.3. The number of carboxylic acid groups (broad SMARTS) is 1. The molecule has 1 aliphatic rings. The fourth-order valence-corrected chi connectivity index (χ4v) is 2.87. The topological polar surface area (TPSA) is 57.6 Å². The van der Waals surface area contributed by atoms with E-state index in [0.29, 0.717) is 18.5 Å². The molecule has 0 radical (unpaired) electrons. The van der Waals surface area contributed by atoms with Crippen LogP contribution in [0.1, 0.15) is 25.8 Å². The summed E-state index contributed by atoms with van der Waals surface area (Å²) in [5.41, 5.74) is -0.255. The highest BCUT2D eigenvalue weighted by Crippen LogP contribution is 2.38. The van der Waals surface area contributed by atoms with Crippen molar-refractivity contribution < 1.29 is 19.1 Å². The van der Waals surface area contributed by atoms with Crippen molar-refractivity contribution in [1.29, 1.82) is 0 Å². The first kappa shape index (κ1) is 15.5. The van der Waals surface area contributed by atoms with Crippen molar-refractivity contribution >= 4 is 11.9 Å². The zero-order valence-corrected chi connectivity index (χ0v) is 12.3. The summed E-state index contributed by atoms with van der Waals surface area (Å²) in [6.07, 6.45) is 0.570. The number of halogens is 1. The van der Waals surface area contributed by atoms with Gasteiger partial charge in [0.25, 0.3) is 0 Å². The number of carbonyl (C=O) groups is 2. The quantitative estimate of drug-likeness (QED) is 0.927. The lowest BCUT2D eigenvalue weighted by molar-refractivity contribution is -0.151. The second kappa shape index (κ2) is 5.84. The normalized spacial score (nSPS) is 21.8. The lowest BCUT2D eigenvalue weighted by atomic mass is 9.76. The molecule has 1 fully saturated rings. The summed E-state index contributed by atoms with van der Waals surface area (Å²) in [6, 6.07) is 5.93. The van der Waals surface area contributed by atoms with E-state index in [9.17, 15) is 19.1 Å². The van der Waals surface area contributed by atoms with Crippen molar-refractivity contribution in [1.82, 2.24) is 4.90 Å². The maximum absolute atomic E-state index is 13.1. The molecule has 1 atom stereocenters. The molecule has 1 aliphatic heterocycles. The lowest BCUT2D eigenvalue weighted by Crippen LogP contribution is -2.41. The number of benzene rings is 1. The zero-order chi connectivity index (χ0) is 15.6. The van der Waals surface area contributed by atoms with E-state index >= 15 is 0 Å². The van der Waals surface area contributed by atoms with Crippen LogP contribution in [-0.4, -0.2) is 35.0 Å². The molecule has 2 rings (SSSR count). The molecular weight excluding hydrogens is 273 g/mol. The molecule has 1 unspecified atom stereocenters. The van der Waals surface area contributed by atoms with E-state index in [0.717, 1.165) is 0 Å². The van der Waals surface area contributed by atoms with Gasteiger partial charge in [0, 0.05) is 13.1 Å². The molecule has 21 heavy (non-hydrogen) atoms. The number of rotatable bonds is 4. The van der Waals surface area contributed by atoms with Crippen LogP contribution in [0.3, 0.4) is 0 Å². The monoisotopic (exact) mass is 293 g/mol. The van der Waals surface area contributed by atoms with E-state index in [-0.39, 0.29) is 30.6 Å². The third-order valence-corrected chi connectivity index (χ3v) is 4.43. The van der Waals surface area contributed by atoms with Gasteiger partial charge in [-0.25, -0.2) is 4.39 Å². The van der Waals surface area contributed by atoms with Crippen molar-refractivity contribution in [2.75, 3.05) is 13.1 Å². The number of likely N-dealkylation sites (tertiary alicyclic amines) is 1. The molecule has 114 valence electrons. The number of carbonyl (C=O) groups excluding carboxylic acids is 1. The molecule has 1 aromatic carbocycles. The average molecular weight is 293 g/mol. The van der Waals surface area contributed by atoms with Crippen LogP contribution in [0.15, 0.2) is 24.3 Å². The summed E-state index contributed by atoms with van der Waals surface area (Å²) in [5.74, 6) is -1.41. The van der Waals surface area contributed by atoms with E-state index in [2.05, 4.69) is 0 Å². The van der Waals surface area contributed by atoms with Gasteiger partial charge >= 0.3 is 5.97 Å². The Morgan fingerprint density at radius 3 is 2.67 bits per heavy atom. The van der Waals surface area contributed by atoms with Gasteiger partial charge in [-0.2, -0.15) is 0 Å². The molecule has 0 aromatic heterocycles. The fraction of sp³-hybridized carbons (Fsp3) is 0.500. The highest BCUT2D eigenvalue weighted by molar-refractivity contribution is 5.82. The Hall–Kier alpha value is -1.91. The highest BCUT2D eigenvalue weighted by Gasteiger charge is 2.48. The first-order valence-electron chi connectivity index (χ1n) is 7.11. The summed E-state index contributed by atoms with van der Waals surface area (Å²) in [5, 5.41) is 9.47. The Balaban J connectivity index is 2.07. The van der Waals surface area contributed by atoms with Gasteiger partial charge in [-0.3, -0.25) is 9.59 Å². The molecule has 4 nitrogen and oxygen atoms in total. The fourth-order valence-electron chi connectivity index (χ4n) is 2.87.